The molecule has 28 heavy (non-hydrogen) atoms. The number of amides is 3. The Kier molecular flexibility index (Phi) is 5.49. The topological polar surface area (TPSA) is 78.5 Å². The van der Waals surface area contributed by atoms with E-state index in [9.17, 15) is 14.4 Å². The molecule has 3 amide bonds. The van der Waals surface area contributed by atoms with Crippen molar-refractivity contribution in [3.63, 3.8) is 0 Å². The van der Waals surface area contributed by atoms with Gasteiger partial charge >= 0.3 is 0 Å². The minimum atomic E-state index is -0.400. The second-order valence-corrected chi connectivity index (χ2v) is 7.40. The molecule has 0 bridgehead atoms. The number of anilines is 3. The maximum Gasteiger partial charge on any atom is 0.229 e. The average molecular weight is 379 g/mol. The highest BCUT2D eigenvalue weighted by molar-refractivity contribution is 6.04. The molecule has 2 N–H and O–H groups in total. The quantitative estimate of drug-likeness (QED) is 0.853. The molecule has 0 aliphatic carbocycles. The first-order valence-corrected chi connectivity index (χ1v) is 9.31. The van der Waals surface area contributed by atoms with Gasteiger partial charge in [-0.15, -0.1) is 0 Å². The number of hydrogen-bond donors (Lipinski definition) is 2. The molecular weight excluding hydrogens is 354 g/mol. The van der Waals surface area contributed by atoms with E-state index in [1.54, 1.807) is 29.2 Å². The van der Waals surface area contributed by atoms with Gasteiger partial charge in [0.2, 0.25) is 17.7 Å². The highest BCUT2D eigenvalue weighted by Gasteiger charge is 2.35. The molecule has 1 heterocycles. The monoisotopic (exact) mass is 379 g/mol. The fraction of sp³-hybridized carbons (Fsp3) is 0.318. The standard InChI is InChI=1S/C22H25N3O3/c1-13-9-14(2)21(15(3)10-13)24-22(28)17-11-20(27)25(12-17)19-7-5-18(6-8-19)23-16(4)26/h5-10,17H,11-12H2,1-4H3,(H,23,26)(H,24,28). The van der Waals surface area contributed by atoms with Gasteiger partial charge in [-0.3, -0.25) is 14.4 Å². The lowest BCUT2D eigenvalue weighted by Gasteiger charge is -2.18. The van der Waals surface area contributed by atoms with Crippen molar-refractivity contribution in [2.75, 3.05) is 22.1 Å². The molecule has 1 atom stereocenters. The molecular formula is C22H25N3O3. The summed E-state index contributed by atoms with van der Waals surface area (Å²) in [7, 11) is 0. The van der Waals surface area contributed by atoms with Crippen molar-refractivity contribution >= 4 is 34.8 Å². The van der Waals surface area contributed by atoms with Gasteiger partial charge in [-0.05, 0) is 56.2 Å². The highest BCUT2D eigenvalue weighted by Crippen LogP contribution is 2.28. The van der Waals surface area contributed by atoms with E-state index < -0.39 is 5.92 Å². The number of hydrogen-bond acceptors (Lipinski definition) is 3. The normalized spacial score (nSPS) is 16.2. The number of benzene rings is 2. The summed E-state index contributed by atoms with van der Waals surface area (Å²) in [6.45, 7) is 7.75. The van der Waals surface area contributed by atoms with E-state index in [0.29, 0.717) is 12.2 Å². The van der Waals surface area contributed by atoms with Gasteiger partial charge < -0.3 is 15.5 Å². The number of carbonyl (C=O) groups is 3. The van der Waals surface area contributed by atoms with Gasteiger partial charge in [0.1, 0.15) is 0 Å². The van der Waals surface area contributed by atoms with Gasteiger partial charge in [-0.1, -0.05) is 17.7 Å². The summed E-state index contributed by atoms with van der Waals surface area (Å²) in [4.78, 5) is 38.0. The fourth-order valence-electron chi connectivity index (χ4n) is 3.66. The Balaban J connectivity index is 1.70. The van der Waals surface area contributed by atoms with Gasteiger partial charge in [0.05, 0.1) is 5.92 Å². The minimum Gasteiger partial charge on any atom is -0.326 e. The summed E-state index contributed by atoms with van der Waals surface area (Å²) in [6.07, 6.45) is 0.184. The number of carbonyl (C=O) groups excluding carboxylic acids is 3. The summed E-state index contributed by atoms with van der Waals surface area (Å²) in [5.74, 6) is -0.767. The van der Waals surface area contributed by atoms with Crippen LogP contribution in [0.5, 0.6) is 0 Å². The number of nitrogens with one attached hydrogen (secondary N) is 2. The van der Waals surface area contributed by atoms with Crippen LogP contribution in [0.25, 0.3) is 0 Å². The van der Waals surface area contributed by atoms with Crippen LogP contribution >= 0.6 is 0 Å². The van der Waals surface area contributed by atoms with Crippen LogP contribution in [0.1, 0.15) is 30.0 Å². The van der Waals surface area contributed by atoms with Crippen LogP contribution in [0.3, 0.4) is 0 Å². The molecule has 2 aromatic rings. The Labute approximate surface area is 164 Å². The molecule has 0 aromatic heterocycles. The third-order valence-electron chi connectivity index (χ3n) is 4.92. The SMILES string of the molecule is CC(=O)Nc1ccc(N2CC(C(=O)Nc3c(C)cc(C)cc3C)CC2=O)cc1. The van der Waals surface area contributed by atoms with Crippen molar-refractivity contribution in [1.29, 1.82) is 0 Å². The second kappa shape index (κ2) is 7.84. The van der Waals surface area contributed by atoms with Crippen LogP contribution < -0.4 is 15.5 Å². The maximum atomic E-state index is 12.8. The summed E-state index contributed by atoms with van der Waals surface area (Å²) in [6, 6.07) is 11.1. The molecule has 1 saturated heterocycles. The van der Waals surface area contributed by atoms with Crippen LogP contribution in [0.4, 0.5) is 17.1 Å². The van der Waals surface area contributed by atoms with E-state index in [2.05, 4.69) is 10.6 Å². The van der Waals surface area contributed by atoms with Crippen LogP contribution in [0.15, 0.2) is 36.4 Å². The molecule has 0 radical (unpaired) electrons. The predicted octanol–water partition coefficient (Wildman–Crippen LogP) is 3.56. The zero-order chi connectivity index (χ0) is 20.4. The fourth-order valence-corrected chi connectivity index (χ4v) is 3.66. The summed E-state index contributed by atoms with van der Waals surface area (Å²) in [5.41, 5.74) is 5.39. The van der Waals surface area contributed by atoms with Crippen LogP contribution in [0, 0.1) is 26.7 Å². The summed E-state index contributed by atoms with van der Waals surface area (Å²) >= 11 is 0. The smallest absolute Gasteiger partial charge is 0.229 e. The van der Waals surface area contributed by atoms with Gasteiger partial charge in [0.15, 0.2) is 0 Å². The molecule has 3 rings (SSSR count). The van der Waals surface area contributed by atoms with Crippen molar-refractivity contribution in [3.05, 3.63) is 53.1 Å². The molecule has 0 spiro atoms. The Bertz CT molecular complexity index is 912. The van der Waals surface area contributed by atoms with Gasteiger partial charge in [-0.2, -0.15) is 0 Å². The lowest BCUT2D eigenvalue weighted by Crippen LogP contribution is -2.28. The van der Waals surface area contributed by atoms with E-state index in [1.165, 1.54) is 6.92 Å². The first kappa shape index (κ1) is 19.6. The molecule has 1 unspecified atom stereocenters. The molecule has 1 fully saturated rings. The maximum absolute atomic E-state index is 12.8. The summed E-state index contributed by atoms with van der Waals surface area (Å²) in [5, 5.41) is 5.70. The van der Waals surface area contributed by atoms with Crippen molar-refractivity contribution < 1.29 is 14.4 Å². The van der Waals surface area contributed by atoms with Crippen LogP contribution in [-0.4, -0.2) is 24.3 Å². The first-order chi connectivity index (χ1) is 13.2. The Morgan fingerprint density at radius 3 is 2.18 bits per heavy atom. The van der Waals surface area contributed by atoms with Crippen molar-refractivity contribution in [3.8, 4) is 0 Å². The zero-order valence-corrected chi connectivity index (χ0v) is 16.6. The largest absolute Gasteiger partial charge is 0.326 e. The Morgan fingerprint density at radius 2 is 1.61 bits per heavy atom. The Hall–Kier alpha value is -3.15. The van der Waals surface area contributed by atoms with Gasteiger partial charge in [-0.25, -0.2) is 0 Å². The number of nitrogens with zero attached hydrogens (tertiary/aromatic N) is 1. The number of rotatable bonds is 4. The lowest BCUT2D eigenvalue weighted by molar-refractivity contribution is -0.122. The van der Waals surface area contributed by atoms with E-state index in [0.717, 1.165) is 28.1 Å². The second-order valence-electron chi connectivity index (χ2n) is 7.40. The van der Waals surface area contributed by atoms with Gasteiger partial charge in [0.25, 0.3) is 0 Å². The van der Waals surface area contributed by atoms with E-state index in [1.807, 2.05) is 32.9 Å². The molecule has 6 nitrogen and oxygen atoms in total. The highest BCUT2D eigenvalue weighted by atomic mass is 16.2. The first-order valence-electron chi connectivity index (χ1n) is 9.31. The van der Waals surface area contributed by atoms with Crippen LogP contribution in [-0.2, 0) is 14.4 Å². The zero-order valence-electron chi connectivity index (χ0n) is 16.6. The van der Waals surface area contributed by atoms with Crippen molar-refractivity contribution in [1.82, 2.24) is 0 Å². The third-order valence-corrected chi connectivity index (χ3v) is 4.92. The van der Waals surface area contributed by atoms with Gasteiger partial charge in [0, 0.05) is 37.0 Å². The molecule has 1 aliphatic rings. The predicted molar refractivity (Wildman–Crippen MR) is 110 cm³/mol. The van der Waals surface area contributed by atoms with E-state index in [-0.39, 0.29) is 24.1 Å². The molecule has 1 aliphatic heterocycles. The average Bonchev–Trinajstić information content (AvgIpc) is 3.00. The number of aryl methyl sites for hydroxylation is 3. The summed E-state index contributed by atoms with van der Waals surface area (Å²) < 4.78 is 0. The van der Waals surface area contributed by atoms with E-state index in [4.69, 9.17) is 0 Å². The minimum absolute atomic E-state index is 0.0789. The Morgan fingerprint density at radius 1 is 1.00 bits per heavy atom. The van der Waals surface area contributed by atoms with Crippen molar-refractivity contribution in [2.24, 2.45) is 5.92 Å². The molecule has 6 heteroatoms. The molecule has 2 aromatic carbocycles. The third kappa shape index (κ3) is 4.22. The lowest BCUT2D eigenvalue weighted by atomic mass is 10.0. The van der Waals surface area contributed by atoms with E-state index >= 15 is 0 Å². The molecule has 0 saturated carbocycles. The van der Waals surface area contributed by atoms with Crippen molar-refractivity contribution in [2.45, 2.75) is 34.1 Å². The molecule has 146 valence electrons. The van der Waals surface area contributed by atoms with Crippen LogP contribution in [0.2, 0.25) is 0 Å².